The van der Waals surface area contributed by atoms with Crippen molar-refractivity contribution >= 4 is 5.69 Å². The van der Waals surface area contributed by atoms with E-state index in [2.05, 4.69) is 40.3 Å². The first kappa shape index (κ1) is 8.88. The van der Waals surface area contributed by atoms with Crippen molar-refractivity contribution in [3.63, 3.8) is 0 Å². The van der Waals surface area contributed by atoms with Gasteiger partial charge in [-0.25, -0.2) is 0 Å². The number of aromatic nitrogens is 1. The zero-order valence-corrected chi connectivity index (χ0v) is 8.41. The van der Waals surface area contributed by atoms with Crippen LogP contribution in [-0.2, 0) is 0 Å². The van der Waals surface area contributed by atoms with Crippen molar-refractivity contribution in [1.82, 2.24) is 4.98 Å². The number of hydrogen-bond acceptors (Lipinski definition) is 1. The summed E-state index contributed by atoms with van der Waals surface area (Å²) < 4.78 is 0. The van der Waals surface area contributed by atoms with Crippen molar-refractivity contribution in [1.29, 1.82) is 0 Å². The zero-order chi connectivity index (χ0) is 9.97. The molecule has 1 radical (unpaired) electrons. The molecule has 1 heterocycles. The van der Waals surface area contributed by atoms with E-state index in [4.69, 9.17) is 0 Å². The van der Waals surface area contributed by atoms with Gasteiger partial charge < -0.3 is 9.88 Å². The molecule has 1 aromatic heterocycles. The molecule has 1 aromatic carbocycles. The molecule has 71 valence electrons. The predicted octanol–water partition coefficient (Wildman–Crippen LogP) is 2.55. The van der Waals surface area contributed by atoms with Crippen LogP contribution < -0.4 is 4.90 Å². The predicted molar refractivity (Wildman–Crippen MR) is 59.4 cm³/mol. The number of rotatable bonds is 2. The fraction of sp³-hybridized carbons (Fsp3) is 0.167. The van der Waals surface area contributed by atoms with Crippen LogP contribution in [0.25, 0.3) is 11.3 Å². The van der Waals surface area contributed by atoms with Crippen molar-refractivity contribution in [2.45, 2.75) is 0 Å². The molecule has 0 aliphatic carbocycles. The minimum Gasteiger partial charge on any atom is -0.378 e. The minimum atomic E-state index is 1.11. The number of H-pyrrole nitrogens is 1. The summed E-state index contributed by atoms with van der Waals surface area (Å²) in [7, 11) is 4.08. The van der Waals surface area contributed by atoms with E-state index in [0.717, 1.165) is 5.69 Å². The summed E-state index contributed by atoms with van der Waals surface area (Å²) in [5, 5.41) is 0. The summed E-state index contributed by atoms with van der Waals surface area (Å²) >= 11 is 0. The Morgan fingerprint density at radius 2 is 1.79 bits per heavy atom. The molecule has 2 nitrogen and oxygen atoms in total. The molecule has 2 rings (SSSR count). The van der Waals surface area contributed by atoms with E-state index in [1.165, 1.54) is 11.3 Å². The molecule has 2 heteroatoms. The van der Waals surface area contributed by atoms with E-state index in [1.54, 1.807) is 0 Å². The van der Waals surface area contributed by atoms with Crippen LogP contribution in [0.2, 0.25) is 0 Å². The Kier molecular flexibility index (Phi) is 2.27. The first-order chi connectivity index (χ1) is 6.77. The standard InChI is InChI=1S/C12H13N2/c1-14(2)11-7-5-10(6-8-11)12-4-3-9-13-12/h3-8,13H,1-2H3. The molecule has 14 heavy (non-hydrogen) atoms. The molecular formula is C12H13N2. The van der Waals surface area contributed by atoms with Gasteiger partial charge in [-0.05, 0) is 29.8 Å². The average molecular weight is 185 g/mol. The summed E-state index contributed by atoms with van der Waals surface area (Å²) in [6.45, 7) is 0. The molecule has 0 fully saturated rings. The molecule has 0 unspecified atom stereocenters. The number of hydrogen-bond donors (Lipinski definition) is 1. The largest absolute Gasteiger partial charge is 0.378 e. The van der Waals surface area contributed by atoms with Gasteiger partial charge in [-0.1, -0.05) is 12.1 Å². The Hall–Kier alpha value is -1.70. The lowest BCUT2D eigenvalue weighted by Crippen LogP contribution is -2.07. The lowest BCUT2D eigenvalue weighted by molar-refractivity contribution is 1.13. The summed E-state index contributed by atoms with van der Waals surface area (Å²) in [5.74, 6) is 0. The highest BCUT2D eigenvalue weighted by atomic mass is 15.1. The van der Waals surface area contributed by atoms with E-state index >= 15 is 0 Å². The summed E-state index contributed by atoms with van der Waals surface area (Å²) in [5.41, 5.74) is 3.51. The Labute approximate surface area is 84.2 Å². The Morgan fingerprint density at radius 3 is 2.29 bits per heavy atom. The van der Waals surface area contributed by atoms with E-state index in [-0.39, 0.29) is 0 Å². The van der Waals surface area contributed by atoms with Gasteiger partial charge in [-0.3, -0.25) is 0 Å². The van der Waals surface area contributed by atoms with Gasteiger partial charge in [0, 0.05) is 25.5 Å². The van der Waals surface area contributed by atoms with Crippen LogP contribution >= 0.6 is 0 Å². The third kappa shape index (κ3) is 1.64. The Bertz CT molecular complexity index is 385. The molecule has 0 amide bonds. The maximum Gasteiger partial charge on any atom is 0.0624 e. The lowest BCUT2D eigenvalue weighted by atomic mass is 10.1. The van der Waals surface area contributed by atoms with E-state index in [1.807, 2.05) is 26.2 Å². The number of aromatic amines is 1. The van der Waals surface area contributed by atoms with Gasteiger partial charge in [0.15, 0.2) is 0 Å². The first-order valence-electron chi connectivity index (χ1n) is 4.60. The van der Waals surface area contributed by atoms with Crippen molar-refractivity contribution in [3.8, 4) is 11.3 Å². The number of benzene rings is 1. The lowest BCUT2D eigenvalue weighted by Gasteiger charge is -2.12. The molecule has 2 aromatic rings. The van der Waals surface area contributed by atoms with Gasteiger partial charge in [-0.15, -0.1) is 0 Å². The van der Waals surface area contributed by atoms with Crippen molar-refractivity contribution in [3.05, 3.63) is 42.6 Å². The fourth-order valence-electron chi connectivity index (χ4n) is 1.39. The molecule has 0 aliphatic rings. The number of anilines is 1. The fourth-order valence-corrected chi connectivity index (χ4v) is 1.39. The summed E-state index contributed by atoms with van der Waals surface area (Å²) in [6, 6.07) is 12.3. The second kappa shape index (κ2) is 3.58. The molecule has 0 saturated carbocycles. The van der Waals surface area contributed by atoms with Crippen LogP contribution in [-0.4, -0.2) is 19.1 Å². The Morgan fingerprint density at radius 1 is 1.07 bits per heavy atom. The Balaban J connectivity index is 2.31. The van der Waals surface area contributed by atoms with Crippen molar-refractivity contribution in [2.24, 2.45) is 0 Å². The average Bonchev–Trinajstić information content (AvgIpc) is 2.71. The molecule has 0 saturated heterocycles. The van der Waals surface area contributed by atoms with Crippen LogP contribution in [0.1, 0.15) is 0 Å². The van der Waals surface area contributed by atoms with E-state index in [0.29, 0.717) is 0 Å². The van der Waals surface area contributed by atoms with Gasteiger partial charge >= 0.3 is 0 Å². The monoisotopic (exact) mass is 185 g/mol. The van der Waals surface area contributed by atoms with Crippen LogP contribution in [0.15, 0.2) is 36.4 Å². The van der Waals surface area contributed by atoms with Crippen LogP contribution in [0.4, 0.5) is 5.69 Å². The molecular weight excluding hydrogens is 172 g/mol. The van der Waals surface area contributed by atoms with Gasteiger partial charge in [0.25, 0.3) is 0 Å². The molecule has 0 spiro atoms. The molecule has 0 atom stereocenters. The van der Waals surface area contributed by atoms with Crippen LogP contribution in [0.3, 0.4) is 0 Å². The van der Waals surface area contributed by atoms with Crippen molar-refractivity contribution < 1.29 is 0 Å². The highest BCUT2D eigenvalue weighted by molar-refractivity contribution is 5.62. The third-order valence-electron chi connectivity index (χ3n) is 2.23. The highest BCUT2D eigenvalue weighted by Gasteiger charge is 1.98. The van der Waals surface area contributed by atoms with Crippen LogP contribution in [0, 0.1) is 6.20 Å². The highest BCUT2D eigenvalue weighted by Crippen LogP contribution is 2.20. The van der Waals surface area contributed by atoms with Gasteiger partial charge in [-0.2, -0.15) is 0 Å². The maximum absolute atomic E-state index is 3.06. The second-order valence-electron chi connectivity index (χ2n) is 3.46. The zero-order valence-electron chi connectivity index (χ0n) is 8.41. The summed E-state index contributed by atoms with van der Waals surface area (Å²) in [4.78, 5) is 5.15. The second-order valence-corrected chi connectivity index (χ2v) is 3.46. The number of nitrogens with one attached hydrogen (secondary N) is 1. The van der Waals surface area contributed by atoms with E-state index < -0.39 is 0 Å². The SMILES string of the molecule is CN(C)c1ccc(-c2cc[c][nH]2)cc1. The third-order valence-corrected chi connectivity index (χ3v) is 2.23. The topological polar surface area (TPSA) is 19.0 Å². The smallest absolute Gasteiger partial charge is 0.0624 e. The number of nitrogens with zero attached hydrogens (tertiary/aromatic N) is 1. The summed E-state index contributed by atoms with van der Waals surface area (Å²) in [6.07, 6.45) is 2.93. The first-order valence-corrected chi connectivity index (χ1v) is 4.60. The normalized spacial score (nSPS) is 10.1. The molecule has 0 aliphatic heterocycles. The van der Waals surface area contributed by atoms with Gasteiger partial charge in [0.05, 0.1) is 6.20 Å². The van der Waals surface area contributed by atoms with Gasteiger partial charge in [0.2, 0.25) is 0 Å². The molecule has 1 N–H and O–H groups in total. The molecule has 0 bridgehead atoms. The maximum atomic E-state index is 3.06. The van der Waals surface area contributed by atoms with Crippen molar-refractivity contribution in [2.75, 3.05) is 19.0 Å². The minimum absolute atomic E-state index is 1.11. The van der Waals surface area contributed by atoms with Crippen LogP contribution in [0.5, 0.6) is 0 Å². The quantitative estimate of drug-likeness (QED) is 0.761. The van der Waals surface area contributed by atoms with E-state index in [9.17, 15) is 0 Å². The van der Waals surface area contributed by atoms with Gasteiger partial charge in [0.1, 0.15) is 0 Å².